The minimum Gasteiger partial charge on any atom is -0.303 e. The molecule has 0 saturated carbocycles. The highest BCUT2D eigenvalue weighted by atomic mass is 32.2. The van der Waals surface area contributed by atoms with Gasteiger partial charge in [-0.2, -0.15) is 0 Å². The molecule has 1 fully saturated rings. The summed E-state index contributed by atoms with van der Waals surface area (Å²) in [7, 11) is -2.46. The SMILES string of the molecule is CCCN1CCC(c2cccc([SH](=O)=O)c2)CC1. The monoisotopic (exact) mass is 267 g/mol. The highest BCUT2D eigenvalue weighted by Gasteiger charge is 2.20. The molecule has 0 N–H and O–H groups in total. The molecule has 0 aliphatic carbocycles. The van der Waals surface area contributed by atoms with E-state index in [1.807, 2.05) is 12.1 Å². The van der Waals surface area contributed by atoms with Crippen molar-refractivity contribution >= 4 is 10.7 Å². The first-order valence-electron chi connectivity index (χ1n) is 6.67. The van der Waals surface area contributed by atoms with Crippen molar-refractivity contribution in [3.63, 3.8) is 0 Å². The lowest BCUT2D eigenvalue weighted by molar-refractivity contribution is 0.212. The third-order valence-electron chi connectivity index (χ3n) is 3.68. The number of benzene rings is 1. The van der Waals surface area contributed by atoms with Crippen LogP contribution in [0.15, 0.2) is 29.2 Å². The van der Waals surface area contributed by atoms with Gasteiger partial charge < -0.3 is 4.90 Å². The Bertz CT molecular complexity index is 455. The van der Waals surface area contributed by atoms with Gasteiger partial charge in [-0.3, -0.25) is 0 Å². The van der Waals surface area contributed by atoms with Crippen molar-refractivity contribution in [2.45, 2.75) is 37.0 Å². The van der Waals surface area contributed by atoms with Gasteiger partial charge in [0.25, 0.3) is 0 Å². The van der Waals surface area contributed by atoms with Gasteiger partial charge in [0.2, 0.25) is 0 Å². The number of piperidine rings is 1. The van der Waals surface area contributed by atoms with Crippen LogP contribution in [-0.4, -0.2) is 33.0 Å². The largest absolute Gasteiger partial charge is 0.303 e. The molecule has 18 heavy (non-hydrogen) atoms. The molecule has 0 spiro atoms. The second-order valence-electron chi connectivity index (χ2n) is 4.97. The van der Waals surface area contributed by atoms with Gasteiger partial charge in [0.05, 0.1) is 4.90 Å². The maximum atomic E-state index is 11.0. The Morgan fingerprint density at radius 2 is 2.00 bits per heavy atom. The van der Waals surface area contributed by atoms with Gasteiger partial charge in [0.15, 0.2) is 10.7 Å². The van der Waals surface area contributed by atoms with E-state index in [4.69, 9.17) is 0 Å². The molecule has 0 bridgehead atoms. The standard InChI is InChI=1S/C14H21NO2S/c1-2-8-15-9-6-12(7-10-15)13-4-3-5-14(11-13)18(16)17/h3-5,11-12,18H,2,6-10H2,1H3. The topological polar surface area (TPSA) is 37.4 Å². The molecule has 0 aromatic heterocycles. The summed E-state index contributed by atoms with van der Waals surface area (Å²) in [6.07, 6.45) is 3.48. The Hall–Kier alpha value is -0.870. The van der Waals surface area contributed by atoms with Crippen LogP contribution in [-0.2, 0) is 10.7 Å². The second kappa shape index (κ2) is 6.34. The normalized spacial score (nSPS) is 18.3. The van der Waals surface area contributed by atoms with Gasteiger partial charge in [-0.15, -0.1) is 0 Å². The molecule has 0 atom stereocenters. The van der Waals surface area contributed by atoms with Crippen molar-refractivity contribution in [1.82, 2.24) is 4.90 Å². The molecule has 100 valence electrons. The fourth-order valence-corrected chi connectivity index (χ4v) is 3.16. The van der Waals surface area contributed by atoms with Crippen LogP contribution < -0.4 is 0 Å². The molecular formula is C14H21NO2S. The smallest absolute Gasteiger partial charge is 0.168 e. The van der Waals surface area contributed by atoms with E-state index < -0.39 is 10.7 Å². The van der Waals surface area contributed by atoms with E-state index in [-0.39, 0.29) is 0 Å². The van der Waals surface area contributed by atoms with Crippen molar-refractivity contribution in [3.8, 4) is 0 Å². The molecule has 2 rings (SSSR count). The van der Waals surface area contributed by atoms with E-state index in [0.29, 0.717) is 10.8 Å². The molecule has 1 saturated heterocycles. The van der Waals surface area contributed by atoms with E-state index >= 15 is 0 Å². The quantitative estimate of drug-likeness (QED) is 0.850. The Balaban J connectivity index is 2.03. The Labute approximate surface area is 111 Å². The van der Waals surface area contributed by atoms with Gasteiger partial charge in [0.1, 0.15) is 0 Å². The first-order valence-corrected chi connectivity index (χ1v) is 7.85. The number of hydrogen-bond acceptors (Lipinski definition) is 3. The average Bonchev–Trinajstić information content (AvgIpc) is 2.40. The Kier molecular flexibility index (Phi) is 4.78. The minimum atomic E-state index is -2.46. The zero-order valence-corrected chi connectivity index (χ0v) is 11.7. The number of thiol groups is 1. The van der Waals surface area contributed by atoms with Crippen molar-refractivity contribution in [2.75, 3.05) is 19.6 Å². The van der Waals surface area contributed by atoms with Crippen LogP contribution in [0.1, 0.15) is 37.7 Å². The molecule has 1 aliphatic rings. The van der Waals surface area contributed by atoms with Crippen LogP contribution >= 0.6 is 0 Å². The summed E-state index contributed by atoms with van der Waals surface area (Å²) in [5.74, 6) is 0.521. The van der Waals surface area contributed by atoms with E-state index in [1.165, 1.54) is 18.5 Å². The van der Waals surface area contributed by atoms with Crippen LogP contribution in [0.25, 0.3) is 0 Å². The lowest BCUT2D eigenvalue weighted by atomic mass is 9.89. The molecule has 1 aromatic rings. The Morgan fingerprint density at radius 3 is 2.61 bits per heavy atom. The van der Waals surface area contributed by atoms with Gasteiger partial charge >= 0.3 is 0 Å². The number of likely N-dealkylation sites (tertiary alicyclic amines) is 1. The molecule has 1 heterocycles. The fourth-order valence-electron chi connectivity index (χ4n) is 2.70. The molecule has 0 amide bonds. The van der Waals surface area contributed by atoms with Crippen LogP contribution in [0.5, 0.6) is 0 Å². The first-order chi connectivity index (χ1) is 8.70. The molecule has 0 radical (unpaired) electrons. The lowest BCUT2D eigenvalue weighted by Gasteiger charge is -2.31. The van der Waals surface area contributed by atoms with Crippen LogP contribution in [0, 0.1) is 0 Å². The predicted molar refractivity (Wildman–Crippen MR) is 73.7 cm³/mol. The van der Waals surface area contributed by atoms with Crippen molar-refractivity contribution in [2.24, 2.45) is 0 Å². The van der Waals surface area contributed by atoms with Crippen LogP contribution in [0.4, 0.5) is 0 Å². The molecule has 0 unspecified atom stereocenters. The summed E-state index contributed by atoms with van der Waals surface area (Å²) in [4.78, 5) is 2.94. The second-order valence-corrected chi connectivity index (χ2v) is 6.00. The van der Waals surface area contributed by atoms with E-state index in [9.17, 15) is 8.42 Å². The maximum absolute atomic E-state index is 11.0. The predicted octanol–water partition coefficient (Wildman–Crippen LogP) is 2.25. The van der Waals surface area contributed by atoms with E-state index in [1.54, 1.807) is 6.07 Å². The third-order valence-corrected chi connectivity index (χ3v) is 4.38. The maximum Gasteiger partial charge on any atom is 0.168 e. The fraction of sp³-hybridized carbons (Fsp3) is 0.571. The van der Waals surface area contributed by atoms with E-state index in [2.05, 4.69) is 17.9 Å². The van der Waals surface area contributed by atoms with Gasteiger partial charge in [0, 0.05) is 0 Å². The zero-order valence-electron chi connectivity index (χ0n) is 10.8. The van der Waals surface area contributed by atoms with Crippen molar-refractivity contribution in [3.05, 3.63) is 29.8 Å². The first kappa shape index (κ1) is 13.6. The lowest BCUT2D eigenvalue weighted by Crippen LogP contribution is -2.33. The third kappa shape index (κ3) is 3.33. The summed E-state index contributed by atoms with van der Waals surface area (Å²) in [6.45, 7) is 5.65. The number of hydrogen-bond donors (Lipinski definition) is 1. The summed E-state index contributed by atoms with van der Waals surface area (Å²) in [6, 6.07) is 7.42. The summed E-state index contributed by atoms with van der Waals surface area (Å²) < 4.78 is 22.0. The Morgan fingerprint density at radius 1 is 1.28 bits per heavy atom. The summed E-state index contributed by atoms with van der Waals surface area (Å²) >= 11 is 0. The number of rotatable bonds is 4. The van der Waals surface area contributed by atoms with Gasteiger partial charge in [-0.25, -0.2) is 8.42 Å². The van der Waals surface area contributed by atoms with Crippen molar-refractivity contribution < 1.29 is 8.42 Å². The van der Waals surface area contributed by atoms with Crippen LogP contribution in [0.2, 0.25) is 0 Å². The van der Waals surface area contributed by atoms with Gasteiger partial charge in [-0.1, -0.05) is 19.1 Å². The zero-order chi connectivity index (χ0) is 13.0. The summed E-state index contributed by atoms with van der Waals surface area (Å²) in [5.41, 5.74) is 1.18. The summed E-state index contributed by atoms with van der Waals surface area (Å²) in [5, 5.41) is 0. The van der Waals surface area contributed by atoms with Crippen LogP contribution in [0.3, 0.4) is 0 Å². The molecular weight excluding hydrogens is 246 g/mol. The minimum absolute atomic E-state index is 0.443. The highest BCUT2D eigenvalue weighted by molar-refractivity contribution is 7.72. The van der Waals surface area contributed by atoms with Gasteiger partial charge in [-0.05, 0) is 62.5 Å². The van der Waals surface area contributed by atoms with Crippen molar-refractivity contribution in [1.29, 1.82) is 0 Å². The van der Waals surface area contributed by atoms with E-state index in [0.717, 1.165) is 25.9 Å². The molecule has 3 nitrogen and oxygen atoms in total. The highest BCUT2D eigenvalue weighted by Crippen LogP contribution is 2.28. The molecule has 1 aliphatic heterocycles. The number of nitrogens with zero attached hydrogens (tertiary/aromatic N) is 1. The molecule has 4 heteroatoms. The molecule has 1 aromatic carbocycles. The average molecular weight is 267 g/mol.